The fourth-order valence-electron chi connectivity index (χ4n) is 1.61. The zero-order valence-corrected chi connectivity index (χ0v) is 11.5. The van der Waals surface area contributed by atoms with E-state index >= 15 is 0 Å². The maximum absolute atomic E-state index is 5.92. The number of nitrogens with zero attached hydrogens (tertiary/aromatic N) is 3. The summed E-state index contributed by atoms with van der Waals surface area (Å²) >= 11 is 11.6. The van der Waals surface area contributed by atoms with Gasteiger partial charge in [0.1, 0.15) is 0 Å². The molecule has 0 atom stereocenters. The predicted octanol–water partition coefficient (Wildman–Crippen LogP) is 4.05. The molecule has 1 aromatic carbocycles. The van der Waals surface area contributed by atoms with Crippen LogP contribution in [-0.2, 0) is 0 Å². The van der Waals surface area contributed by atoms with Crippen LogP contribution in [0.15, 0.2) is 24.3 Å². The molecule has 1 aromatic heterocycles. The second-order valence-electron chi connectivity index (χ2n) is 4.09. The van der Waals surface area contributed by atoms with Crippen molar-refractivity contribution in [1.29, 1.82) is 0 Å². The summed E-state index contributed by atoms with van der Waals surface area (Å²) in [4.78, 5) is 4.02. The standard InChI is InChI=1S/C12H12Cl2N4/c1-7(2)8-5-3-4-6-9(8)15-11-10(13)17-18-12(14)16-11/h3-7H,1-2H3,(H,15,16,18). The first-order chi connectivity index (χ1) is 8.58. The number of nitrogens with one attached hydrogen (secondary N) is 1. The zero-order valence-electron chi connectivity index (χ0n) is 9.98. The molecule has 0 aliphatic carbocycles. The normalized spacial score (nSPS) is 10.7. The van der Waals surface area contributed by atoms with Gasteiger partial charge in [0.25, 0.3) is 0 Å². The molecule has 2 aromatic rings. The second-order valence-corrected chi connectivity index (χ2v) is 4.78. The minimum Gasteiger partial charge on any atom is -0.337 e. The molecule has 0 bridgehead atoms. The summed E-state index contributed by atoms with van der Waals surface area (Å²) in [6, 6.07) is 7.95. The van der Waals surface area contributed by atoms with E-state index in [0.717, 1.165) is 5.69 Å². The van der Waals surface area contributed by atoms with Gasteiger partial charge in [0.05, 0.1) is 0 Å². The smallest absolute Gasteiger partial charge is 0.245 e. The van der Waals surface area contributed by atoms with Gasteiger partial charge >= 0.3 is 0 Å². The van der Waals surface area contributed by atoms with Gasteiger partial charge in [-0.3, -0.25) is 0 Å². The van der Waals surface area contributed by atoms with Crippen LogP contribution in [0.2, 0.25) is 10.4 Å². The third-order valence-corrected chi connectivity index (χ3v) is 2.87. The van der Waals surface area contributed by atoms with Crippen molar-refractivity contribution in [3.63, 3.8) is 0 Å². The fourth-order valence-corrected chi connectivity index (χ4v) is 1.86. The quantitative estimate of drug-likeness (QED) is 0.923. The van der Waals surface area contributed by atoms with Gasteiger partial charge in [0.2, 0.25) is 5.28 Å². The third kappa shape index (κ3) is 2.89. The zero-order chi connectivity index (χ0) is 13.1. The van der Waals surface area contributed by atoms with Crippen LogP contribution in [0.1, 0.15) is 25.3 Å². The summed E-state index contributed by atoms with van der Waals surface area (Å²) in [6.45, 7) is 4.24. The van der Waals surface area contributed by atoms with E-state index in [2.05, 4.69) is 40.4 Å². The van der Waals surface area contributed by atoms with Crippen LogP contribution in [0.5, 0.6) is 0 Å². The summed E-state index contributed by atoms with van der Waals surface area (Å²) in [5.41, 5.74) is 2.11. The lowest BCUT2D eigenvalue weighted by Crippen LogP contribution is -2.02. The molecule has 0 aliphatic heterocycles. The van der Waals surface area contributed by atoms with Crippen LogP contribution < -0.4 is 5.32 Å². The van der Waals surface area contributed by atoms with Gasteiger partial charge in [-0.1, -0.05) is 43.6 Å². The molecule has 0 saturated carbocycles. The summed E-state index contributed by atoms with van der Waals surface area (Å²) in [7, 11) is 0. The lowest BCUT2D eigenvalue weighted by atomic mass is 10.0. The van der Waals surface area contributed by atoms with Crippen molar-refractivity contribution >= 4 is 34.7 Å². The van der Waals surface area contributed by atoms with Gasteiger partial charge in [0, 0.05) is 5.69 Å². The number of hydrogen-bond acceptors (Lipinski definition) is 4. The van der Waals surface area contributed by atoms with Gasteiger partial charge < -0.3 is 5.32 Å². The Bertz CT molecular complexity index is 558. The Morgan fingerprint density at radius 2 is 1.83 bits per heavy atom. The highest BCUT2D eigenvalue weighted by Gasteiger charge is 2.10. The molecule has 94 valence electrons. The molecule has 0 amide bonds. The first-order valence-corrected chi connectivity index (χ1v) is 6.25. The van der Waals surface area contributed by atoms with Gasteiger partial charge in [-0.05, 0) is 29.1 Å². The molecule has 6 heteroatoms. The van der Waals surface area contributed by atoms with E-state index in [0.29, 0.717) is 11.7 Å². The predicted molar refractivity (Wildman–Crippen MR) is 73.7 cm³/mol. The van der Waals surface area contributed by atoms with Crippen molar-refractivity contribution in [2.45, 2.75) is 19.8 Å². The molecule has 18 heavy (non-hydrogen) atoms. The van der Waals surface area contributed by atoms with Gasteiger partial charge in [-0.15, -0.1) is 10.2 Å². The van der Waals surface area contributed by atoms with E-state index in [9.17, 15) is 0 Å². The minimum atomic E-state index is 0.0592. The summed E-state index contributed by atoms with van der Waals surface area (Å²) in [6.07, 6.45) is 0. The van der Waals surface area contributed by atoms with Crippen LogP contribution in [0.3, 0.4) is 0 Å². The van der Waals surface area contributed by atoms with Crippen LogP contribution >= 0.6 is 23.2 Å². The Morgan fingerprint density at radius 3 is 2.56 bits per heavy atom. The number of para-hydroxylation sites is 1. The largest absolute Gasteiger partial charge is 0.337 e. The van der Waals surface area contributed by atoms with E-state index in [1.54, 1.807) is 0 Å². The molecule has 0 saturated heterocycles. The van der Waals surface area contributed by atoms with Gasteiger partial charge in [-0.25, -0.2) is 0 Å². The Balaban J connectivity index is 2.37. The average Bonchev–Trinajstić information content (AvgIpc) is 2.34. The first-order valence-electron chi connectivity index (χ1n) is 5.49. The first kappa shape index (κ1) is 13.1. The van der Waals surface area contributed by atoms with E-state index < -0.39 is 0 Å². The van der Waals surface area contributed by atoms with Crippen molar-refractivity contribution in [3.05, 3.63) is 40.3 Å². The molecular formula is C12H12Cl2N4. The maximum atomic E-state index is 5.92. The molecule has 4 nitrogen and oxygen atoms in total. The summed E-state index contributed by atoms with van der Waals surface area (Å²) in [5, 5.41) is 10.7. The van der Waals surface area contributed by atoms with Crippen molar-refractivity contribution in [3.8, 4) is 0 Å². The Labute approximate surface area is 115 Å². The highest BCUT2D eigenvalue weighted by Crippen LogP contribution is 2.28. The Kier molecular flexibility index (Phi) is 3.99. The number of rotatable bonds is 3. The van der Waals surface area contributed by atoms with E-state index in [1.165, 1.54) is 5.56 Å². The molecule has 1 heterocycles. The number of benzene rings is 1. The van der Waals surface area contributed by atoms with Crippen molar-refractivity contribution in [2.24, 2.45) is 0 Å². The average molecular weight is 283 g/mol. The summed E-state index contributed by atoms with van der Waals surface area (Å²) in [5.74, 6) is 0.794. The van der Waals surface area contributed by atoms with Crippen LogP contribution in [-0.4, -0.2) is 15.2 Å². The molecular weight excluding hydrogens is 271 g/mol. The van der Waals surface area contributed by atoms with Gasteiger partial charge in [-0.2, -0.15) is 4.98 Å². The van der Waals surface area contributed by atoms with Gasteiger partial charge in [0.15, 0.2) is 11.0 Å². The third-order valence-electron chi connectivity index (χ3n) is 2.46. The molecule has 2 rings (SSSR count). The molecule has 0 radical (unpaired) electrons. The van der Waals surface area contributed by atoms with Crippen molar-refractivity contribution in [1.82, 2.24) is 15.2 Å². The second kappa shape index (κ2) is 5.50. The highest BCUT2D eigenvalue weighted by atomic mass is 35.5. The monoisotopic (exact) mass is 282 g/mol. The van der Waals surface area contributed by atoms with Crippen LogP contribution in [0.25, 0.3) is 0 Å². The molecule has 0 fully saturated rings. The molecule has 1 N–H and O–H groups in total. The van der Waals surface area contributed by atoms with E-state index in [-0.39, 0.29) is 10.4 Å². The van der Waals surface area contributed by atoms with E-state index in [4.69, 9.17) is 23.2 Å². The van der Waals surface area contributed by atoms with Crippen molar-refractivity contribution in [2.75, 3.05) is 5.32 Å². The minimum absolute atomic E-state index is 0.0592. The van der Waals surface area contributed by atoms with E-state index in [1.807, 2.05) is 18.2 Å². The highest BCUT2D eigenvalue weighted by molar-refractivity contribution is 6.32. The SMILES string of the molecule is CC(C)c1ccccc1Nc1nc(Cl)nnc1Cl. The Morgan fingerprint density at radius 1 is 1.11 bits per heavy atom. The number of anilines is 2. The lowest BCUT2D eigenvalue weighted by molar-refractivity contribution is 0.868. The molecule has 0 unspecified atom stereocenters. The lowest BCUT2D eigenvalue weighted by Gasteiger charge is -2.14. The van der Waals surface area contributed by atoms with Crippen LogP contribution in [0.4, 0.5) is 11.5 Å². The molecule has 0 aliphatic rings. The summed E-state index contributed by atoms with van der Waals surface area (Å²) < 4.78 is 0. The molecule has 0 spiro atoms. The Hall–Kier alpha value is -1.39. The van der Waals surface area contributed by atoms with Crippen molar-refractivity contribution < 1.29 is 0 Å². The fraction of sp³-hybridized carbons (Fsp3) is 0.250. The topological polar surface area (TPSA) is 50.7 Å². The number of aromatic nitrogens is 3. The maximum Gasteiger partial charge on any atom is 0.245 e. The number of hydrogen-bond donors (Lipinski definition) is 1. The number of halogens is 2. The van der Waals surface area contributed by atoms with Crippen LogP contribution in [0, 0.1) is 0 Å².